The normalized spacial score (nSPS) is 14.6. The van der Waals surface area contributed by atoms with E-state index in [0.717, 1.165) is 76.4 Å². The molecule has 0 amide bonds. The van der Waals surface area contributed by atoms with E-state index in [2.05, 4.69) is 64.2 Å². The number of aliphatic hydroxyl groups excluding tert-OH is 1. The lowest BCUT2D eigenvalue weighted by atomic mass is 10.0. The number of phosphoric ester groups is 1. The van der Waals surface area contributed by atoms with Crippen molar-refractivity contribution >= 4 is 19.8 Å². The number of unbranched alkanes of at least 4 members (excludes halogenated alkanes) is 9. The predicted octanol–water partition coefficient (Wildman–Crippen LogP) is 12.4. The molecule has 0 bridgehead atoms. The molecule has 2 unspecified atom stereocenters. The van der Waals surface area contributed by atoms with Gasteiger partial charge in [0.2, 0.25) is 0 Å². The summed E-state index contributed by atoms with van der Waals surface area (Å²) in [6, 6.07) is 0. The first kappa shape index (κ1) is 58.7. The van der Waals surface area contributed by atoms with Crippen LogP contribution in [0.25, 0.3) is 0 Å². The fraction of sp³-hybridized carbons (Fsp3) is 0.654. The number of phosphoric acid groups is 1. The van der Waals surface area contributed by atoms with Crippen LogP contribution >= 0.6 is 7.82 Å². The average Bonchev–Trinajstić information content (AvgIpc) is 3.51. The summed E-state index contributed by atoms with van der Waals surface area (Å²) in [5.74, 6) is 1.31. The molecule has 1 aromatic heterocycles. The van der Waals surface area contributed by atoms with E-state index in [-0.39, 0.29) is 26.1 Å². The Labute approximate surface area is 387 Å². The van der Waals surface area contributed by atoms with Crippen LogP contribution in [0.15, 0.2) is 77.3 Å². The smallest absolute Gasteiger partial charge is 0.466 e. The third-order valence-electron chi connectivity index (χ3n) is 10.5. The molecule has 1 aromatic rings. The molecule has 0 fully saturated rings. The van der Waals surface area contributed by atoms with E-state index < -0.39 is 38.6 Å². The highest BCUT2D eigenvalue weighted by Gasteiger charge is 2.27. The molecule has 0 spiro atoms. The van der Waals surface area contributed by atoms with Gasteiger partial charge in [-0.3, -0.25) is 18.6 Å². The average molecular weight is 917 g/mol. The van der Waals surface area contributed by atoms with Crippen molar-refractivity contribution in [3.05, 3.63) is 95.6 Å². The van der Waals surface area contributed by atoms with Crippen molar-refractivity contribution in [1.29, 1.82) is 0 Å². The van der Waals surface area contributed by atoms with Gasteiger partial charge in [0.15, 0.2) is 6.10 Å². The minimum absolute atomic E-state index is 0.0107. The van der Waals surface area contributed by atoms with Crippen molar-refractivity contribution in [3.63, 3.8) is 0 Å². The molecule has 12 heteroatoms. The number of aliphatic hydroxyl groups is 1. The Morgan fingerprint density at radius 1 is 0.688 bits per heavy atom. The van der Waals surface area contributed by atoms with Crippen LogP contribution in [0.1, 0.15) is 158 Å². The summed E-state index contributed by atoms with van der Waals surface area (Å²) in [6.07, 6.45) is 41.0. The van der Waals surface area contributed by atoms with Crippen LogP contribution in [-0.4, -0.2) is 86.1 Å². The number of esters is 2. The van der Waals surface area contributed by atoms with Gasteiger partial charge in [0.1, 0.15) is 31.3 Å². The second kappa shape index (κ2) is 36.9. The highest BCUT2D eigenvalue weighted by atomic mass is 31.2. The Balaban J connectivity index is 2.43. The van der Waals surface area contributed by atoms with E-state index in [1.54, 1.807) is 18.2 Å². The number of hydrogen-bond donors (Lipinski definition) is 2. The van der Waals surface area contributed by atoms with E-state index in [9.17, 15) is 24.2 Å². The Morgan fingerprint density at radius 2 is 1.27 bits per heavy atom. The van der Waals surface area contributed by atoms with Gasteiger partial charge in [-0.25, -0.2) is 4.57 Å². The Kier molecular flexibility index (Phi) is 33.8. The van der Waals surface area contributed by atoms with Crippen LogP contribution < -0.4 is 0 Å². The largest absolute Gasteiger partial charge is 0.472 e. The topological polar surface area (TPSA) is 142 Å². The van der Waals surface area contributed by atoms with E-state index in [0.29, 0.717) is 30.3 Å². The van der Waals surface area contributed by atoms with Crippen LogP contribution in [-0.2, 0) is 45.5 Å². The first-order valence-corrected chi connectivity index (χ1v) is 25.6. The van der Waals surface area contributed by atoms with E-state index >= 15 is 0 Å². The minimum Gasteiger partial charge on any atom is -0.466 e. The number of quaternary nitrogens is 1. The van der Waals surface area contributed by atoms with Gasteiger partial charge in [0.05, 0.1) is 33.9 Å². The van der Waals surface area contributed by atoms with Crippen molar-refractivity contribution in [1.82, 2.24) is 0 Å². The highest BCUT2D eigenvalue weighted by Crippen LogP contribution is 2.43. The molecular weight excluding hydrogens is 830 g/mol. The van der Waals surface area contributed by atoms with Gasteiger partial charge in [-0.05, 0) is 82.8 Å². The third kappa shape index (κ3) is 33.2. The van der Waals surface area contributed by atoms with Gasteiger partial charge in [-0.1, -0.05) is 138 Å². The third-order valence-corrected chi connectivity index (χ3v) is 11.5. The Bertz CT molecular complexity index is 1620. The summed E-state index contributed by atoms with van der Waals surface area (Å²) in [7, 11) is 1.34. The fourth-order valence-corrected chi connectivity index (χ4v) is 7.22. The van der Waals surface area contributed by atoms with Crippen LogP contribution in [0.2, 0.25) is 0 Å². The Hall–Kier alpha value is -3.31. The number of carbonyl (C=O) groups is 2. The van der Waals surface area contributed by atoms with Gasteiger partial charge in [0.25, 0.3) is 0 Å². The van der Waals surface area contributed by atoms with Crippen LogP contribution in [0.5, 0.6) is 0 Å². The van der Waals surface area contributed by atoms with Crippen molar-refractivity contribution < 1.29 is 51.6 Å². The fourth-order valence-electron chi connectivity index (χ4n) is 6.48. The van der Waals surface area contributed by atoms with Crippen molar-refractivity contribution in [3.8, 4) is 0 Å². The molecule has 0 saturated heterocycles. The minimum atomic E-state index is -4.44. The zero-order chi connectivity index (χ0) is 47.3. The second-order valence-corrected chi connectivity index (χ2v) is 19.0. The molecule has 0 aliphatic rings. The molecule has 0 saturated carbocycles. The van der Waals surface area contributed by atoms with Gasteiger partial charge < -0.3 is 28.4 Å². The molecule has 0 radical (unpaired) electrons. The maximum absolute atomic E-state index is 12.7. The van der Waals surface area contributed by atoms with Gasteiger partial charge >= 0.3 is 19.8 Å². The number of rotatable bonds is 39. The van der Waals surface area contributed by atoms with Gasteiger partial charge in [-0.2, -0.15) is 0 Å². The van der Waals surface area contributed by atoms with Crippen LogP contribution in [0.4, 0.5) is 0 Å². The number of hydrogen-bond acceptors (Lipinski definition) is 9. The number of furan rings is 1. The van der Waals surface area contributed by atoms with E-state index in [1.165, 1.54) is 49.0 Å². The molecule has 364 valence electrons. The maximum atomic E-state index is 12.7. The van der Waals surface area contributed by atoms with Crippen LogP contribution in [0.3, 0.4) is 0 Å². The molecule has 0 aliphatic heterocycles. The second-order valence-electron chi connectivity index (χ2n) is 17.5. The quantitative estimate of drug-likeness (QED) is 0.0164. The summed E-state index contributed by atoms with van der Waals surface area (Å²) in [5.41, 5.74) is 2.64. The summed E-state index contributed by atoms with van der Waals surface area (Å²) in [4.78, 5) is 35.6. The molecule has 2 N–H and O–H groups in total. The molecule has 0 aromatic carbocycles. The SMILES string of the molecule is CC/C=C\C/C=C\C/C=C\C/C=C\C=C/C(O)C/C=C\CCC(=O)O[C@H](COC(=O)CCCCCCCCCCc1oc(CCCCC)c(C)c1C)COP(=O)(O)OCC[N+](C)(C)C. The molecule has 64 heavy (non-hydrogen) atoms. The highest BCUT2D eigenvalue weighted by molar-refractivity contribution is 7.47. The summed E-state index contributed by atoms with van der Waals surface area (Å²) < 4.78 is 40.5. The first-order chi connectivity index (χ1) is 30.7. The zero-order valence-corrected chi connectivity index (χ0v) is 41.7. The van der Waals surface area contributed by atoms with Gasteiger partial charge in [-0.15, -0.1) is 0 Å². The number of nitrogens with zero attached hydrogens (tertiary/aromatic N) is 1. The number of ether oxygens (including phenoxy) is 2. The summed E-state index contributed by atoms with van der Waals surface area (Å²) in [6.45, 7) is 8.39. The standard InChI is InChI=1S/C52H86NO10P/c1-8-10-12-13-14-15-16-17-18-19-22-25-30-35-47(54)36-31-28-34-40-52(56)62-48(44-61-64(57,58)60-42-41-53(5,6)7)43-59-51(55)39-33-27-24-21-20-23-26-32-38-50-46(4)45(3)49(63-50)37-29-11-9-2/h10,12,14-15,17-18,22,25,28,30-31,35,47-48,54H,8-9,11,13,16,19-21,23-24,26-27,29,32-34,36-44H2,1-7H3/p+1/b12-10-,15-14-,18-17-,25-22-,31-28-,35-30-/t47?,48-/m1/s1. The van der Waals surface area contributed by atoms with E-state index in [4.69, 9.17) is 22.9 Å². The van der Waals surface area contributed by atoms with Crippen LogP contribution in [0, 0.1) is 13.8 Å². The monoisotopic (exact) mass is 917 g/mol. The number of aryl methyl sites for hydroxylation is 2. The number of likely N-dealkylation sites (N-methyl/N-ethyl adjacent to an activating group) is 1. The Morgan fingerprint density at radius 3 is 1.88 bits per heavy atom. The number of carbonyl (C=O) groups excluding carboxylic acids is 2. The van der Waals surface area contributed by atoms with Crippen molar-refractivity contribution in [2.24, 2.45) is 0 Å². The summed E-state index contributed by atoms with van der Waals surface area (Å²) >= 11 is 0. The molecule has 1 rings (SSSR count). The zero-order valence-electron chi connectivity index (χ0n) is 40.8. The van der Waals surface area contributed by atoms with E-state index in [1.807, 2.05) is 39.4 Å². The lowest BCUT2D eigenvalue weighted by Gasteiger charge is -2.24. The lowest BCUT2D eigenvalue weighted by Crippen LogP contribution is -2.37. The van der Waals surface area contributed by atoms with Crippen molar-refractivity contribution in [2.45, 2.75) is 175 Å². The van der Waals surface area contributed by atoms with Gasteiger partial charge in [0, 0.05) is 25.7 Å². The molecule has 3 atom stereocenters. The molecule has 1 heterocycles. The maximum Gasteiger partial charge on any atom is 0.472 e. The lowest BCUT2D eigenvalue weighted by molar-refractivity contribution is -0.870. The molecule has 11 nitrogen and oxygen atoms in total. The molecule has 0 aliphatic carbocycles. The van der Waals surface area contributed by atoms with Crippen molar-refractivity contribution in [2.75, 3.05) is 47.5 Å². The first-order valence-electron chi connectivity index (χ1n) is 24.1. The number of allylic oxidation sites excluding steroid dienone is 10. The molecular formula is C52H87NO10P+. The summed E-state index contributed by atoms with van der Waals surface area (Å²) in [5, 5.41) is 10.3. The predicted molar refractivity (Wildman–Crippen MR) is 261 cm³/mol.